The van der Waals surface area contributed by atoms with Crippen molar-refractivity contribution in [2.75, 3.05) is 26.7 Å². The van der Waals surface area contributed by atoms with E-state index in [1.807, 2.05) is 30.3 Å². The highest BCUT2D eigenvalue weighted by molar-refractivity contribution is 5.89. The lowest BCUT2D eigenvalue weighted by molar-refractivity contribution is 0.0600. The van der Waals surface area contributed by atoms with E-state index in [0.717, 1.165) is 30.8 Å². The van der Waals surface area contributed by atoms with Crippen molar-refractivity contribution < 1.29 is 9.53 Å². The van der Waals surface area contributed by atoms with Gasteiger partial charge in [-0.25, -0.2) is 4.79 Å². The Labute approximate surface area is 202 Å². The number of methoxy groups -OCH3 is 1. The fourth-order valence-corrected chi connectivity index (χ4v) is 5.79. The molecular weight excluding hydrogens is 418 g/mol. The van der Waals surface area contributed by atoms with Gasteiger partial charge in [0.15, 0.2) is 0 Å². The summed E-state index contributed by atoms with van der Waals surface area (Å²) in [6.07, 6.45) is 1.18. The van der Waals surface area contributed by atoms with Crippen LogP contribution in [0.5, 0.6) is 0 Å². The van der Waals surface area contributed by atoms with Crippen molar-refractivity contribution in [2.45, 2.75) is 32.1 Å². The number of esters is 1. The zero-order valence-electron chi connectivity index (χ0n) is 20.2. The quantitative estimate of drug-likeness (QED) is 0.377. The van der Waals surface area contributed by atoms with Crippen LogP contribution in [0.1, 0.15) is 68.9 Å². The average Bonchev–Trinajstić information content (AvgIpc) is 3.19. The zero-order valence-corrected chi connectivity index (χ0v) is 20.2. The number of piperidine rings is 1. The number of nitrogens with zero attached hydrogens (tertiary/aromatic N) is 1. The number of likely N-dealkylation sites (N-methyl/N-ethyl adjacent to an activating group) is 1. The maximum atomic E-state index is 11.9. The molecule has 3 nitrogen and oxygen atoms in total. The van der Waals surface area contributed by atoms with Gasteiger partial charge in [0, 0.05) is 29.5 Å². The first-order valence-electron chi connectivity index (χ1n) is 12.2. The lowest BCUT2D eigenvalue weighted by Gasteiger charge is -2.37. The number of aryl methyl sites for hydroxylation is 1. The van der Waals surface area contributed by atoms with Crippen LogP contribution in [0.4, 0.5) is 0 Å². The minimum atomic E-state index is -0.287. The van der Waals surface area contributed by atoms with Crippen LogP contribution in [0.3, 0.4) is 0 Å². The summed E-state index contributed by atoms with van der Waals surface area (Å²) < 4.78 is 4.89. The highest BCUT2D eigenvalue weighted by atomic mass is 16.5. The molecule has 3 heteroatoms. The van der Waals surface area contributed by atoms with E-state index in [-0.39, 0.29) is 5.97 Å². The number of hydrogen-bond donors (Lipinski definition) is 0. The standard InChI is InChI=1S/C31H31NO2/c1-4-32-17-16-26-29(20-32)27-19-25(11-10-22-8-6-5-7-9-22)21(2)18-28(27)30(26)23-12-14-24(15-13-23)31(33)34-3/h5-9,12-15,18-19,26,29-30H,4,16-17,20H2,1-3H3/t26-,29+,30+/m1/s1. The summed E-state index contributed by atoms with van der Waals surface area (Å²) in [5.74, 6) is 7.93. The first-order chi connectivity index (χ1) is 16.6. The third-order valence-electron chi connectivity index (χ3n) is 7.60. The summed E-state index contributed by atoms with van der Waals surface area (Å²) >= 11 is 0. The van der Waals surface area contributed by atoms with Gasteiger partial charge < -0.3 is 9.64 Å². The molecule has 1 fully saturated rings. The fourth-order valence-electron chi connectivity index (χ4n) is 5.79. The molecule has 5 rings (SSSR count). The molecule has 0 radical (unpaired) electrons. The summed E-state index contributed by atoms with van der Waals surface area (Å²) in [6, 6.07) is 23.0. The number of ether oxygens (including phenoxy) is 1. The zero-order chi connectivity index (χ0) is 23.7. The summed E-state index contributed by atoms with van der Waals surface area (Å²) in [5.41, 5.74) is 8.16. The van der Waals surface area contributed by atoms with Crippen LogP contribution < -0.4 is 0 Å². The monoisotopic (exact) mass is 449 g/mol. The third-order valence-corrected chi connectivity index (χ3v) is 7.60. The van der Waals surface area contributed by atoms with Gasteiger partial charge in [-0.1, -0.05) is 55.2 Å². The summed E-state index contributed by atoms with van der Waals surface area (Å²) in [6.45, 7) is 7.75. The molecule has 2 aliphatic rings. The topological polar surface area (TPSA) is 29.5 Å². The van der Waals surface area contributed by atoms with E-state index in [1.165, 1.54) is 35.8 Å². The van der Waals surface area contributed by atoms with Gasteiger partial charge in [0.05, 0.1) is 12.7 Å². The molecule has 172 valence electrons. The molecule has 3 aromatic carbocycles. The first kappa shape index (κ1) is 22.4. The van der Waals surface area contributed by atoms with Gasteiger partial charge in [0.1, 0.15) is 0 Å². The summed E-state index contributed by atoms with van der Waals surface area (Å²) in [4.78, 5) is 14.5. The average molecular weight is 450 g/mol. The Balaban J connectivity index is 1.56. The van der Waals surface area contributed by atoms with Gasteiger partial charge in [0.2, 0.25) is 0 Å². The Morgan fingerprint density at radius 1 is 1.03 bits per heavy atom. The van der Waals surface area contributed by atoms with Gasteiger partial charge in [-0.3, -0.25) is 0 Å². The molecule has 0 amide bonds. The van der Waals surface area contributed by atoms with E-state index < -0.39 is 0 Å². The molecule has 0 N–H and O–H groups in total. The number of benzene rings is 3. The van der Waals surface area contributed by atoms with Gasteiger partial charge in [0.25, 0.3) is 0 Å². The minimum absolute atomic E-state index is 0.287. The molecule has 0 saturated carbocycles. The van der Waals surface area contributed by atoms with Crippen molar-refractivity contribution in [3.05, 3.63) is 106 Å². The SMILES string of the molecule is CCN1CC[C@H]2[C@H](c3ccc(C(=O)OC)cc3)c3cc(C)c(C#Cc4ccccc4)cc3[C@H]2C1. The van der Waals surface area contributed by atoms with Crippen LogP contribution in [0.15, 0.2) is 66.7 Å². The van der Waals surface area contributed by atoms with Crippen molar-refractivity contribution >= 4 is 5.97 Å². The molecule has 3 atom stereocenters. The molecule has 3 aromatic rings. The highest BCUT2D eigenvalue weighted by Gasteiger charge is 2.44. The van der Waals surface area contributed by atoms with Crippen LogP contribution in [0, 0.1) is 24.7 Å². The second-order valence-corrected chi connectivity index (χ2v) is 9.46. The molecule has 1 heterocycles. The second kappa shape index (κ2) is 9.49. The van der Waals surface area contributed by atoms with Crippen molar-refractivity contribution in [1.29, 1.82) is 0 Å². The molecular formula is C31H31NO2. The number of carbonyl (C=O) groups excluding carboxylic acids is 1. The Morgan fingerprint density at radius 3 is 2.50 bits per heavy atom. The predicted molar refractivity (Wildman–Crippen MR) is 136 cm³/mol. The highest BCUT2D eigenvalue weighted by Crippen LogP contribution is 2.53. The molecule has 1 aliphatic heterocycles. The number of hydrogen-bond acceptors (Lipinski definition) is 3. The molecule has 34 heavy (non-hydrogen) atoms. The smallest absolute Gasteiger partial charge is 0.337 e. The first-order valence-corrected chi connectivity index (χ1v) is 12.2. The molecule has 1 saturated heterocycles. The largest absolute Gasteiger partial charge is 0.465 e. The second-order valence-electron chi connectivity index (χ2n) is 9.46. The van der Waals surface area contributed by atoms with Crippen molar-refractivity contribution in [2.24, 2.45) is 5.92 Å². The lowest BCUT2D eigenvalue weighted by Crippen LogP contribution is -2.38. The maximum absolute atomic E-state index is 11.9. The third kappa shape index (κ3) is 4.15. The summed E-state index contributed by atoms with van der Waals surface area (Å²) in [5, 5.41) is 0. The normalized spacial score (nSPS) is 21.2. The lowest BCUT2D eigenvalue weighted by atomic mass is 9.78. The predicted octanol–water partition coefficient (Wildman–Crippen LogP) is 5.75. The van der Waals surface area contributed by atoms with Crippen molar-refractivity contribution in [3.63, 3.8) is 0 Å². The van der Waals surface area contributed by atoms with Gasteiger partial charge in [-0.2, -0.15) is 0 Å². The Bertz CT molecular complexity index is 1250. The summed E-state index contributed by atoms with van der Waals surface area (Å²) in [7, 11) is 1.43. The van der Waals surface area contributed by atoms with Crippen LogP contribution in [0.25, 0.3) is 0 Å². The van der Waals surface area contributed by atoms with Crippen LogP contribution in [0.2, 0.25) is 0 Å². The van der Waals surface area contributed by atoms with Crippen LogP contribution in [-0.4, -0.2) is 37.6 Å². The molecule has 0 spiro atoms. The number of rotatable bonds is 3. The Kier molecular flexibility index (Phi) is 6.26. The minimum Gasteiger partial charge on any atom is -0.465 e. The number of fused-ring (bicyclic) bond motifs is 3. The Morgan fingerprint density at radius 2 is 1.79 bits per heavy atom. The molecule has 1 aliphatic carbocycles. The van der Waals surface area contributed by atoms with E-state index in [2.05, 4.69) is 67.0 Å². The molecule has 0 aromatic heterocycles. The fraction of sp³-hybridized carbons (Fsp3) is 0.323. The van der Waals surface area contributed by atoms with E-state index in [9.17, 15) is 4.79 Å². The van der Waals surface area contributed by atoms with Gasteiger partial charge in [-0.15, -0.1) is 0 Å². The van der Waals surface area contributed by atoms with Gasteiger partial charge >= 0.3 is 5.97 Å². The Hall–Kier alpha value is -3.35. The van der Waals surface area contributed by atoms with E-state index >= 15 is 0 Å². The molecule has 0 unspecified atom stereocenters. The van der Waals surface area contributed by atoms with E-state index in [1.54, 1.807) is 0 Å². The van der Waals surface area contributed by atoms with Gasteiger partial charge in [-0.05, 0) is 84.9 Å². The van der Waals surface area contributed by atoms with Crippen LogP contribution in [-0.2, 0) is 4.74 Å². The van der Waals surface area contributed by atoms with Crippen molar-refractivity contribution in [1.82, 2.24) is 4.90 Å². The van der Waals surface area contributed by atoms with E-state index in [4.69, 9.17) is 4.74 Å². The number of likely N-dealkylation sites (tertiary alicyclic amines) is 1. The molecule has 0 bridgehead atoms. The van der Waals surface area contributed by atoms with E-state index in [0.29, 0.717) is 23.3 Å². The number of carbonyl (C=O) groups is 1. The maximum Gasteiger partial charge on any atom is 0.337 e. The van der Waals surface area contributed by atoms with Crippen molar-refractivity contribution in [3.8, 4) is 11.8 Å². The van der Waals surface area contributed by atoms with Crippen LogP contribution >= 0.6 is 0 Å².